The first-order valence-corrected chi connectivity index (χ1v) is 4.64. The van der Waals surface area contributed by atoms with Crippen LogP contribution in [-0.4, -0.2) is 4.57 Å². The summed E-state index contributed by atoms with van der Waals surface area (Å²) < 4.78 is 7.47. The SMILES string of the molecule is Cc1cc(Br)cc2oc(=O)n(C)c12. The van der Waals surface area contributed by atoms with Gasteiger partial charge in [-0.3, -0.25) is 4.57 Å². The molecule has 0 bridgehead atoms. The van der Waals surface area contributed by atoms with Crippen LogP contribution in [0.5, 0.6) is 0 Å². The van der Waals surface area contributed by atoms with E-state index in [-0.39, 0.29) is 5.76 Å². The van der Waals surface area contributed by atoms with E-state index in [9.17, 15) is 4.79 Å². The Hall–Kier alpha value is -1.03. The molecule has 0 fully saturated rings. The molecular formula is C9H8BrNO2. The Bertz CT molecular complexity index is 524. The van der Waals surface area contributed by atoms with Crippen molar-refractivity contribution in [3.05, 3.63) is 32.7 Å². The maximum atomic E-state index is 11.2. The van der Waals surface area contributed by atoms with E-state index in [2.05, 4.69) is 15.9 Å². The first-order valence-electron chi connectivity index (χ1n) is 3.85. The minimum absolute atomic E-state index is 0.323. The lowest BCUT2D eigenvalue weighted by Crippen LogP contribution is -2.08. The molecule has 0 N–H and O–H groups in total. The molecule has 0 aliphatic rings. The molecule has 1 aromatic carbocycles. The first-order chi connectivity index (χ1) is 6.09. The molecule has 1 aromatic heterocycles. The van der Waals surface area contributed by atoms with Gasteiger partial charge in [0.25, 0.3) is 0 Å². The zero-order valence-electron chi connectivity index (χ0n) is 7.30. The maximum Gasteiger partial charge on any atom is 0.419 e. The number of nitrogens with zero attached hydrogens (tertiary/aromatic N) is 1. The lowest BCUT2D eigenvalue weighted by Gasteiger charge is -1.97. The number of oxazole rings is 1. The van der Waals surface area contributed by atoms with Gasteiger partial charge in [-0.1, -0.05) is 15.9 Å². The zero-order chi connectivity index (χ0) is 9.59. The highest BCUT2D eigenvalue weighted by atomic mass is 79.9. The second kappa shape index (κ2) is 2.73. The van der Waals surface area contributed by atoms with Crippen molar-refractivity contribution in [2.24, 2.45) is 7.05 Å². The number of aryl methyl sites for hydroxylation is 2. The molecule has 4 heteroatoms. The van der Waals surface area contributed by atoms with Gasteiger partial charge in [0, 0.05) is 11.5 Å². The van der Waals surface area contributed by atoms with Gasteiger partial charge in [-0.25, -0.2) is 4.79 Å². The third-order valence-corrected chi connectivity index (χ3v) is 2.49. The van der Waals surface area contributed by atoms with Gasteiger partial charge in [-0.05, 0) is 24.6 Å². The summed E-state index contributed by atoms with van der Waals surface area (Å²) in [6, 6.07) is 3.75. The van der Waals surface area contributed by atoms with Gasteiger partial charge < -0.3 is 4.42 Å². The molecule has 3 nitrogen and oxygen atoms in total. The minimum Gasteiger partial charge on any atom is -0.408 e. The highest BCUT2D eigenvalue weighted by molar-refractivity contribution is 9.10. The van der Waals surface area contributed by atoms with E-state index in [0.717, 1.165) is 15.6 Å². The lowest BCUT2D eigenvalue weighted by atomic mass is 10.2. The fourth-order valence-corrected chi connectivity index (χ4v) is 2.02. The van der Waals surface area contributed by atoms with Crippen LogP contribution >= 0.6 is 15.9 Å². The monoisotopic (exact) mass is 241 g/mol. The number of hydrogen-bond acceptors (Lipinski definition) is 2. The second-order valence-electron chi connectivity index (χ2n) is 3.00. The van der Waals surface area contributed by atoms with Gasteiger partial charge in [0.05, 0.1) is 5.52 Å². The fraction of sp³-hybridized carbons (Fsp3) is 0.222. The number of fused-ring (bicyclic) bond motifs is 1. The van der Waals surface area contributed by atoms with Crippen molar-refractivity contribution in [2.45, 2.75) is 6.92 Å². The molecular weight excluding hydrogens is 234 g/mol. The third kappa shape index (κ3) is 1.21. The number of benzene rings is 1. The highest BCUT2D eigenvalue weighted by Gasteiger charge is 2.08. The van der Waals surface area contributed by atoms with Crippen LogP contribution in [0.4, 0.5) is 0 Å². The van der Waals surface area contributed by atoms with Crippen LogP contribution in [0.2, 0.25) is 0 Å². The average molecular weight is 242 g/mol. The van der Waals surface area contributed by atoms with E-state index in [4.69, 9.17) is 4.42 Å². The quantitative estimate of drug-likeness (QED) is 0.709. The van der Waals surface area contributed by atoms with Crippen LogP contribution in [0.15, 0.2) is 25.8 Å². The molecule has 0 atom stereocenters. The Morgan fingerprint density at radius 3 is 2.85 bits per heavy atom. The number of aromatic nitrogens is 1. The van der Waals surface area contributed by atoms with Gasteiger partial charge in [0.1, 0.15) is 0 Å². The molecule has 1 heterocycles. The summed E-state index contributed by atoms with van der Waals surface area (Å²) >= 11 is 3.35. The Labute approximate surface area is 83.1 Å². The molecule has 68 valence electrons. The topological polar surface area (TPSA) is 35.1 Å². The van der Waals surface area contributed by atoms with E-state index in [1.807, 2.05) is 13.0 Å². The molecule has 0 aliphatic heterocycles. The van der Waals surface area contributed by atoms with E-state index < -0.39 is 0 Å². The second-order valence-corrected chi connectivity index (χ2v) is 3.91. The molecule has 0 saturated carbocycles. The predicted octanol–water partition coefficient (Wildman–Crippen LogP) is 2.20. The molecule has 2 rings (SSSR count). The normalized spacial score (nSPS) is 11.0. The average Bonchev–Trinajstić information content (AvgIpc) is 2.27. The standard InChI is InChI=1S/C9H8BrNO2/c1-5-3-6(10)4-7-8(5)11(2)9(12)13-7/h3-4H,1-2H3. The minimum atomic E-state index is -0.323. The molecule has 13 heavy (non-hydrogen) atoms. The van der Waals surface area contributed by atoms with Gasteiger partial charge in [0.15, 0.2) is 5.58 Å². The fourth-order valence-electron chi connectivity index (χ4n) is 1.47. The van der Waals surface area contributed by atoms with Gasteiger partial charge in [-0.15, -0.1) is 0 Å². The molecule has 0 amide bonds. The van der Waals surface area contributed by atoms with Crippen molar-refractivity contribution >= 4 is 27.0 Å². The summed E-state index contributed by atoms with van der Waals surface area (Å²) in [5.41, 5.74) is 2.50. The van der Waals surface area contributed by atoms with Crippen molar-refractivity contribution in [3.8, 4) is 0 Å². The Morgan fingerprint density at radius 1 is 1.46 bits per heavy atom. The molecule has 0 radical (unpaired) electrons. The summed E-state index contributed by atoms with van der Waals surface area (Å²) in [7, 11) is 1.70. The molecule has 2 aromatic rings. The third-order valence-electron chi connectivity index (χ3n) is 2.04. The van der Waals surface area contributed by atoms with Crippen LogP contribution < -0.4 is 5.76 Å². The van der Waals surface area contributed by atoms with Crippen LogP contribution in [0.3, 0.4) is 0 Å². The van der Waals surface area contributed by atoms with E-state index in [1.165, 1.54) is 4.57 Å². The van der Waals surface area contributed by atoms with E-state index in [1.54, 1.807) is 13.1 Å². The van der Waals surface area contributed by atoms with Gasteiger partial charge in [-0.2, -0.15) is 0 Å². The van der Waals surface area contributed by atoms with Crippen molar-refractivity contribution < 1.29 is 4.42 Å². The maximum absolute atomic E-state index is 11.2. The zero-order valence-corrected chi connectivity index (χ0v) is 8.88. The summed E-state index contributed by atoms with van der Waals surface area (Å²) in [6.45, 7) is 1.95. The van der Waals surface area contributed by atoms with Crippen LogP contribution in [0.25, 0.3) is 11.1 Å². The van der Waals surface area contributed by atoms with Crippen molar-refractivity contribution in [1.29, 1.82) is 0 Å². The number of hydrogen-bond donors (Lipinski definition) is 0. The predicted molar refractivity (Wildman–Crippen MR) is 53.9 cm³/mol. The van der Waals surface area contributed by atoms with Crippen molar-refractivity contribution in [3.63, 3.8) is 0 Å². The van der Waals surface area contributed by atoms with Crippen LogP contribution in [0, 0.1) is 6.92 Å². The molecule has 0 saturated heterocycles. The highest BCUT2D eigenvalue weighted by Crippen LogP contribution is 2.22. The van der Waals surface area contributed by atoms with Gasteiger partial charge >= 0.3 is 5.76 Å². The lowest BCUT2D eigenvalue weighted by molar-refractivity contribution is 0.528. The Kier molecular flexibility index (Phi) is 1.80. The Balaban J connectivity index is 3.03. The Morgan fingerprint density at radius 2 is 2.15 bits per heavy atom. The van der Waals surface area contributed by atoms with E-state index >= 15 is 0 Å². The summed E-state index contributed by atoms with van der Waals surface area (Å²) in [5.74, 6) is -0.323. The smallest absolute Gasteiger partial charge is 0.408 e. The first kappa shape index (κ1) is 8.56. The van der Waals surface area contributed by atoms with Crippen molar-refractivity contribution in [2.75, 3.05) is 0 Å². The molecule has 0 aliphatic carbocycles. The number of rotatable bonds is 0. The largest absolute Gasteiger partial charge is 0.419 e. The summed E-state index contributed by atoms with van der Waals surface area (Å²) in [5, 5.41) is 0. The van der Waals surface area contributed by atoms with Gasteiger partial charge in [0.2, 0.25) is 0 Å². The summed E-state index contributed by atoms with van der Waals surface area (Å²) in [6.07, 6.45) is 0. The molecule has 0 spiro atoms. The van der Waals surface area contributed by atoms with Crippen molar-refractivity contribution in [1.82, 2.24) is 4.57 Å². The molecule has 0 unspecified atom stereocenters. The number of halogens is 1. The van der Waals surface area contributed by atoms with Crippen LogP contribution in [0.1, 0.15) is 5.56 Å². The summed E-state index contributed by atoms with van der Waals surface area (Å²) in [4.78, 5) is 11.2. The van der Waals surface area contributed by atoms with E-state index in [0.29, 0.717) is 5.58 Å². The van der Waals surface area contributed by atoms with Crippen LogP contribution in [-0.2, 0) is 7.05 Å².